The average Bonchev–Trinajstić information content (AvgIpc) is 3.28. The minimum absolute atomic E-state index is 0.0575. The van der Waals surface area contributed by atoms with Gasteiger partial charge in [0.05, 0.1) is 7.11 Å². The molecule has 1 amide bonds. The van der Waals surface area contributed by atoms with Crippen molar-refractivity contribution in [3.8, 4) is 0 Å². The van der Waals surface area contributed by atoms with Gasteiger partial charge in [0.2, 0.25) is 15.9 Å². The molecule has 0 saturated carbocycles. The number of halogens is 1. The first-order chi connectivity index (χ1) is 13.2. The topological polar surface area (TPSA) is 97.7 Å². The summed E-state index contributed by atoms with van der Waals surface area (Å²) in [6.07, 6.45) is 2.30. The molecule has 1 atom stereocenters. The first-order valence-electron chi connectivity index (χ1n) is 8.57. The Morgan fingerprint density at radius 1 is 1.29 bits per heavy atom. The maximum absolute atomic E-state index is 13.1. The normalized spacial score (nSPS) is 17.5. The Bertz CT molecular complexity index is 1020. The molecule has 2 aromatic rings. The third kappa shape index (κ3) is 3.91. The smallest absolute Gasteiger partial charge is 0.354 e. The Labute approximate surface area is 168 Å². The molecule has 1 aliphatic heterocycles. The quantitative estimate of drug-likeness (QED) is 0.741. The van der Waals surface area contributed by atoms with Gasteiger partial charge in [-0.05, 0) is 37.1 Å². The molecule has 1 aliphatic rings. The van der Waals surface area contributed by atoms with Crippen LogP contribution in [-0.2, 0) is 26.6 Å². The van der Waals surface area contributed by atoms with Crippen molar-refractivity contribution in [3.05, 3.63) is 47.2 Å². The van der Waals surface area contributed by atoms with E-state index in [2.05, 4.69) is 10.1 Å². The lowest BCUT2D eigenvalue weighted by molar-refractivity contribution is -0.119. The second-order valence-corrected chi connectivity index (χ2v) is 8.76. The van der Waals surface area contributed by atoms with Crippen molar-refractivity contribution in [3.63, 3.8) is 0 Å². The van der Waals surface area contributed by atoms with Crippen molar-refractivity contribution in [2.75, 3.05) is 19.0 Å². The number of hydrogen-bond donors (Lipinski definition) is 1. The van der Waals surface area contributed by atoms with Crippen molar-refractivity contribution in [2.45, 2.75) is 23.8 Å². The molecule has 0 unspecified atom stereocenters. The van der Waals surface area contributed by atoms with Crippen LogP contribution in [0.5, 0.6) is 0 Å². The number of anilines is 1. The molecule has 8 nitrogen and oxygen atoms in total. The molecule has 1 aromatic carbocycles. The van der Waals surface area contributed by atoms with Gasteiger partial charge in [-0.15, -0.1) is 0 Å². The molecule has 2 heterocycles. The predicted octanol–water partition coefficient (Wildman–Crippen LogP) is 2.26. The van der Waals surface area contributed by atoms with E-state index >= 15 is 0 Å². The summed E-state index contributed by atoms with van der Waals surface area (Å²) in [6, 6.07) is 7.05. The highest BCUT2D eigenvalue weighted by Crippen LogP contribution is 2.28. The predicted molar refractivity (Wildman–Crippen MR) is 104 cm³/mol. The van der Waals surface area contributed by atoms with Gasteiger partial charge in [0.25, 0.3) is 0 Å². The van der Waals surface area contributed by atoms with E-state index in [1.54, 1.807) is 31.3 Å². The highest BCUT2D eigenvalue weighted by molar-refractivity contribution is 7.89. The van der Waals surface area contributed by atoms with Crippen LogP contribution in [0.3, 0.4) is 0 Å². The summed E-state index contributed by atoms with van der Waals surface area (Å²) in [6.45, 7) is 0.221. The molecule has 28 heavy (non-hydrogen) atoms. The van der Waals surface area contributed by atoms with Crippen LogP contribution >= 0.6 is 11.6 Å². The number of methoxy groups -OCH3 is 1. The Morgan fingerprint density at radius 2 is 2.04 bits per heavy atom. The Balaban J connectivity index is 1.85. The summed E-state index contributed by atoms with van der Waals surface area (Å²) in [4.78, 5) is 24.4. The van der Waals surface area contributed by atoms with Gasteiger partial charge < -0.3 is 14.6 Å². The third-order valence-corrected chi connectivity index (χ3v) is 6.69. The molecule has 0 spiro atoms. The van der Waals surface area contributed by atoms with Gasteiger partial charge in [-0.25, -0.2) is 13.2 Å². The van der Waals surface area contributed by atoms with E-state index in [-0.39, 0.29) is 17.1 Å². The van der Waals surface area contributed by atoms with Crippen molar-refractivity contribution in [2.24, 2.45) is 7.05 Å². The summed E-state index contributed by atoms with van der Waals surface area (Å²) in [5, 5.41) is 3.18. The number of benzene rings is 1. The van der Waals surface area contributed by atoms with Crippen LogP contribution in [0, 0.1) is 0 Å². The van der Waals surface area contributed by atoms with E-state index in [9.17, 15) is 18.0 Å². The number of carbonyl (C=O) groups excluding carboxylic acids is 2. The van der Waals surface area contributed by atoms with Gasteiger partial charge in [-0.3, -0.25) is 4.79 Å². The summed E-state index contributed by atoms with van der Waals surface area (Å²) < 4.78 is 33.4. The number of amides is 1. The lowest BCUT2D eigenvalue weighted by Gasteiger charge is -2.23. The highest BCUT2D eigenvalue weighted by Gasteiger charge is 2.40. The fourth-order valence-corrected chi connectivity index (χ4v) is 5.12. The second kappa shape index (κ2) is 7.94. The Morgan fingerprint density at radius 3 is 2.71 bits per heavy atom. The lowest BCUT2D eigenvalue weighted by atomic mass is 10.2. The molecule has 0 bridgehead atoms. The molecule has 0 aliphatic carbocycles. The molecule has 3 rings (SSSR count). The summed E-state index contributed by atoms with van der Waals surface area (Å²) in [5.41, 5.74) is 0.606. The van der Waals surface area contributed by atoms with Crippen LogP contribution < -0.4 is 5.32 Å². The highest BCUT2D eigenvalue weighted by atomic mass is 35.5. The fraction of sp³-hybridized carbons (Fsp3) is 0.333. The van der Waals surface area contributed by atoms with Crippen LogP contribution in [0.1, 0.15) is 23.3 Å². The Kier molecular flexibility index (Phi) is 5.78. The fourth-order valence-electron chi connectivity index (χ4n) is 3.20. The van der Waals surface area contributed by atoms with E-state index in [0.29, 0.717) is 23.6 Å². The summed E-state index contributed by atoms with van der Waals surface area (Å²) >= 11 is 5.93. The maximum atomic E-state index is 13.1. The first kappa shape index (κ1) is 20.4. The molecule has 150 valence electrons. The molecular formula is C18H20ClN3O5S. The monoisotopic (exact) mass is 425 g/mol. The maximum Gasteiger partial charge on any atom is 0.354 e. The minimum atomic E-state index is -3.96. The number of carbonyl (C=O) groups is 2. The van der Waals surface area contributed by atoms with Crippen LogP contribution in [0.25, 0.3) is 0 Å². The van der Waals surface area contributed by atoms with Crippen LogP contribution in [-0.4, -0.2) is 48.9 Å². The van der Waals surface area contributed by atoms with Crippen LogP contribution in [0.4, 0.5) is 5.69 Å². The lowest BCUT2D eigenvalue weighted by Crippen LogP contribution is -2.43. The molecule has 1 saturated heterocycles. The van der Waals surface area contributed by atoms with Gasteiger partial charge in [0.15, 0.2) is 0 Å². The van der Waals surface area contributed by atoms with E-state index in [4.69, 9.17) is 11.6 Å². The van der Waals surface area contributed by atoms with E-state index in [1.807, 2.05) is 0 Å². The summed E-state index contributed by atoms with van der Waals surface area (Å²) in [5.74, 6) is -1.06. The SMILES string of the molecule is COC(=O)c1cc(S(=O)(=O)N2CCC[C@@H]2C(=O)Nc2cccc(Cl)c2)cn1C. The number of ether oxygens (including phenoxy) is 1. The minimum Gasteiger partial charge on any atom is -0.464 e. The first-order valence-corrected chi connectivity index (χ1v) is 10.4. The average molecular weight is 426 g/mol. The zero-order valence-electron chi connectivity index (χ0n) is 15.4. The summed E-state index contributed by atoms with van der Waals surface area (Å²) in [7, 11) is -1.18. The van der Waals surface area contributed by atoms with Gasteiger partial charge in [0, 0.05) is 30.5 Å². The molecule has 1 aromatic heterocycles. The van der Waals surface area contributed by atoms with Crippen molar-refractivity contribution < 1.29 is 22.7 Å². The second-order valence-electron chi connectivity index (χ2n) is 6.44. The van der Waals surface area contributed by atoms with Gasteiger partial charge in [0.1, 0.15) is 16.6 Å². The number of sulfonamides is 1. The number of esters is 1. The van der Waals surface area contributed by atoms with Crippen molar-refractivity contribution >= 4 is 39.2 Å². The van der Waals surface area contributed by atoms with Gasteiger partial charge >= 0.3 is 5.97 Å². The van der Waals surface area contributed by atoms with Crippen molar-refractivity contribution in [1.82, 2.24) is 8.87 Å². The zero-order chi connectivity index (χ0) is 20.5. The standard InChI is InChI=1S/C18H20ClN3O5S/c1-21-11-14(10-16(21)18(24)27-2)28(25,26)22-8-4-7-15(22)17(23)20-13-6-3-5-12(19)9-13/h3,5-6,9-11,15H,4,7-8H2,1-2H3,(H,20,23)/t15-/m1/s1. The van der Waals surface area contributed by atoms with E-state index in [1.165, 1.54) is 28.2 Å². The van der Waals surface area contributed by atoms with Crippen LogP contribution in [0.15, 0.2) is 41.4 Å². The van der Waals surface area contributed by atoms with E-state index in [0.717, 1.165) is 0 Å². The molecule has 10 heteroatoms. The molecular weight excluding hydrogens is 406 g/mol. The van der Waals surface area contributed by atoms with Gasteiger partial charge in [-0.1, -0.05) is 17.7 Å². The number of nitrogens with one attached hydrogen (secondary N) is 1. The molecule has 1 fully saturated rings. The van der Waals surface area contributed by atoms with Crippen LogP contribution in [0.2, 0.25) is 5.02 Å². The largest absolute Gasteiger partial charge is 0.464 e. The zero-order valence-corrected chi connectivity index (χ0v) is 17.0. The molecule has 1 N–H and O–H groups in total. The van der Waals surface area contributed by atoms with Crippen molar-refractivity contribution in [1.29, 1.82) is 0 Å². The number of aryl methyl sites for hydroxylation is 1. The molecule has 0 radical (unpaired) electrons. The Hall–Kier alpha value is -2.36. The van der Waals surface area contributed by atoms with E-state index < -0.39 is 27.9 Å². The number of aromatic nitrogens is 1. The number of rotatable bonds is 5. The number of nitrogens with zero attached hydrogens (tertiary/aromatic N) is 2. The third-order valence-electron chi connectivity index (χ3n) is 4.58. The number of hydrogen-bond acceptors (Lipinski definition) is 5. The van der Waals surface area contributed by atoms with Gasteiger partial charge in [-0.2, -0.15) is 4.31 Å².